The van der Waals surface area contributed by atoms with Crippen LogP contribution in [0.3, 0.4) is 0 Å². The van der Waals surface area contributed by atoms with Gasteiger partial charge >= 0.3 is 0 Å². The van der Waals surface area contributed by atoms with E-state index in [0.29, 0.717) is 4.64 Å². The Morgan fingerprint density at radius 2 is 2.42 bits per heavy atom. The van der Waals surface area contributed by atoms with E-state index in [1.165, 1.54) is 0 Å². The molecule has 0 aromatic carbocycles. The minimum Gasteiger partial charge on any atom is -0.337 e. The van der Waals surface area contributed by atoms with Crippen LogP contribution in [0.5, 0.6) is 0 Å². The molecule has 3 nitrogen and oxygen atoms in total. The highest BCUT2D eigenvalue weighted by Crippen LogP contribution is 2.13. The standard InChI is InChI=1S/C6H3BrIN3S/c7-3-2-11-4(8)1-9-5(11)6(12)10-3/h1-2H,(H,10,12). The minimum atomic E-state index is 0.646. The summed E-state index contributed by atoms with van der Waals surface area (Å²) in [6.07, 6.45) is 3.69. The van der Waals surface area contributed by atoms with E-state index in [-0.39, 0.29) is 0 Å². The number of hydrogen-bond donors (Lipinski definition) is 1. The van der Waals surface area contributed by atoms with E-state index in [9.17, 15) is 0 Å². The first-order chi connectivity index (χ1) is 5.68. The molecule has 0 saturated heterocycles. The lowest BCUT2D eigenvalue weighted by molar-refractivity contribution is 1.07. The molecule has 0 fully saturated rings. The molecule has 0 saturated carbocycles. The Balaban J connectivity index is 3.03. The number of halogens is 2. The first-order valence-electron chi connectivity index (χ1n) is 3.10. The number of fused-ring (bicyclic) bond motifs is 1. The molecular weight excluding hydrogens is 353 g/mol. The van der Waals surface area contributed by atoms with Gasteiger partial charge in [-0.2, -0.15) is 0 Å². The molecular formula is C6H3BrIN3S. The molecule has 0 unspecified atom stereocenters. The number of imidazole rings is 1. The second kappa shape index (κ2) is 3.08. The van der Waals surface area contributed by atoms with Crippen molar-refractivity contribution >= 4 is 56.4 Å². The lowest BCUT2D eigenvalue weighted by Gasteiger charge is -1.96. The summed E-state index contributed by atoms with van der Waals surface area (Å²) >= 11 is 10.6. The molecule has 0 aliphatic carbocycles. The maximum atomic E-state index is 5.08. The van der Waals surface area contributed by atoms with Crippen molar-refractivity contribution in [1.82, 2.24) is 14.4 Å². The van der Waals surface area contributed by atoms with Crippen LogP contribution < -0.4 is 0 Å². The van der Waals surface area contributed by atoms with Gasteiger partial charge in [0.05, 0.1) is 6.20 Å². The second-order valence-electron chi connectivity index (χ2n) is 2.21. The van der Waals surface area contributed by atoms with Gasteiger partial charge in [0.15, 0.2) is 5.65 Å². The number of hydrogen-bond acceptors (Lipinski definition) is 2. The van der Waals surface area contributed by atoms with Gasteiger partial charge in [0.2, 0.25) is 0 Å². The normalized spacial score (nSPS) is 10.8. The molecule has 2 heterocycles. The zero-order chi connectivity index (χ0) is 8.72. The fourth-order valence-corrected chi connectivity index (χ4v) is 2.24. The first-order valence-corrected chi connectivity index (χ1v) is 5.38. The van der Waals surface area contributed by atoms with Crippen molar-refractivity contribution in [1.29, 1.82) is 0 Å². The van der Waals surface area contributed by atoms with Crippen LogP contribution in [-0.2, 0) is 0 Å². The van der Waals surface area contributed by atoms with E-state index in [4.69, 9.17) is 12.2 Å². The molecule has 12 heavy (non-hydrogen) atoms. The van der Waals surface area contributed by atoms with E-state index in [1.807, 2.05) is 10.6 Å². The molecule has 0 spiro atoms. The van der Waals surface area contributed by atoms with Crippen molar-refractivity contribution < 1.29 is 0 Å². The SMILES string of the molecule is S=c1[nH]c(Br)cn2c(I)cnc12. The van der Waals surface area contributed by atoms with Gasteiger partial charge in [-0.25, -0.2) is 4.98 Å². The quantitative estimate of drug-likeness (QED) is 0.582. The molecule has 0 aliphatic heterocycles. The average molecular weight is 356 g/mol. The van der Waals surface area contributed by atoms with Crippen molar-refractivity contribution in [2.24, 2.45) is 0 Å². The fraction of sp³-hybridized carbons (Fsp3) is 0. The number of nitrogens with one attached hydrogen (secondary N) is 1. The van der Waals surface area contributed by atoms with E-state index in [0.717, 1.165) is 14.0 Å². The predicted molar refractivity (Wildman–Crippen MR) is 60.8 cm³/mol. The molecule has 6 heteroatoms. The number of aromatic nitrogens is 3. The molecule has 2 aromatic rings. The van der Waals surface area contributed by atoms with E-state index in [1.54, 1.807) is 6.20 Å². The Kier molecular flexibility index (Phi) is 2.21. The van der Waals surface area contributed by atoms with Gasteiger partial charge in [0.25, 0.3) is 0 Å². The maximum absolute atomic E-state index is 5.08. The maximum Gasteiger partial charge on any atom is 0.173 e. The Labute approximate surface area is 95.5 Å². The van der Waals surface area contributed by atoms with Gasteiger partial charge in [0.1, 0.15) is 12.9 Å². The monoisotopic (exact) mass is 355 g/mol. The van der Waals surface area contributed by atoms with Crippen molar-refractivity contribution in [3.05, 3.63) is 25.3 Å². The second-order valence-corrected chi connectivity index (χ2v) is 4.57. The molecule has 0 radical (unpaired) electrons. The highest BCUT2D eigenvalue weighted by molar-refractivity contribution is 14.1. The molecule has 1 N–H and O–H groups in total. The molecule has 0 amide bonds. The zero-order valence-corrected chi connectivity index (χ0v) is 10.3. The summed E-state index contributed by atoms with van der Waals surface area (Å²) in [4.78, 5) is 7.13. The number of H-pyrrole nitrogens is 1. The van der Waals surface area contributed by atoms with Crippen LogP contribution in [0, 0.1) is 8.34 Å². The predicted octanol–water partition coefficient (Wildman–Crippen LogP) is 2.76. The van der Waals surface area contributed by atoms with Gasteiger partial charge in [-0.05, 0) is 38.5 Å². The van der Waals surface area contributed by atoms with Crippen LogP contribution in [-0.4, -0.2) is 14.4 Å². The molecule has 0 aliphatic rings. The minimum absolute atomic E-state index is 0.646. The molecule has 0 bridgehead atoms. The van der Waals surface area contributed by atoms with E-state index >= 15 is 0 Å². The summed E-state index contributed by atoms with van der Waals surface area (Å²) in [6, 6.07) is 0. The van der Waals surface area contributed by atoms with Gasteiger partial charge in [-0.1, -0.05) is 12.2 Å². The molecule has 62 valence electrons. The van der Waals surface area contributed by atoms with E-state index in [2.05, 4.69) is 48.5 Å². The van der Waals surface area contributed by atoms with Crippen LogP contribution in [0.25, 0.3) is 5.65 Å². The summed E-state index contributed by atoms with van der Waals surface area (Å²) in [7, 11) is 0. The van der Waals surface area contributed by atoms with Crippen LogP contribution >= 0.6 is 50.7 Å². The lowest BCUT2D eigenvalue weighted by Crippen LogP contribution is -1.90. The highest BCUT2D eigenvalue weighted by atomic mass is 127. The average Bonchev–Trinajstić information content (AvgIpc) is 2.33. The summed E-state index contributed by atoms with van der Waals surface area (Å²) in [5.74, 6) is 0. The van der Waals surface area contributed by atoms with E-state index < -0.39 is 0 Å². The summed E-state index contributed by atoms with van der Waals surface area (Å²) < 4.78 is 4.48. The van der Waals surface area contributed by atoms with Crippen molar-refractivity contribution in [2.45, 2.75) is 0 Å². The Morgan fingerprint density at radius 1 is 1.67 bits per heavy atom. The summed E-state index contributed by atoms with van der Waals surface area (Å²) in [5, 5.41) is 0. The zero-order valence-electron chi connectivity index (χ0n) is 5.71. The van der Waals surface area contributed by atoms with Crippen LogP contribution in [0.1, 0.15) is 0 Å². The topological polar surface area (TPSA) is 33.1 Å². The molecule has 2 rings (SSSR count). The Hall–Kier alpha value is 0.0500. The molecule has 2 aromatic heterocycles. The highest BCUT2D eigenvalue weighted by Gasteiger charge is 2.01. The summed E-state index contributed by atoms with van der Waals surface area (Å²) in [5.41, 5.74) is 0.789. The lowest BCUT2D eigenvalue weighted by atomic mass is 10.7. The van der Waals surface area contributed by atoms with Gasteiger partial charge < -0.3 is 4.98 Å². The number of rotatable bonds is 0. The Bertz CT molecular complexity index is 489. The first kappa shape index (κ1) is 8.64. The van der Waals surface area contributed by atoms with Gasteiger partial charge in [-0.15, -0.1) is 0 Å². The van der Waals surface area contributed by atoms with Crippen LogP contribution in [0.15, 0.2) is 17.0 Å². The third kappa shape index (κ3) is 1.31. The number of aromatic amines is 1. The number of nitrogens with zero attached hydrogens (tertiary/aromatic N) is 2. The van der Waals surface area contributed by atoms with Gasteiger partial charge in [-0.3, -0.25) is 4.40 Å². The fourth-order valence-electron chi connectivity index (χ4n) is 0.941. The summed E-state index contributed by atoms with van der Waals surface area (Å²) in [6.45, 7) is 0. The van der Waals surface area contributed by atoms with Crippen LogP contribution in [0.2, 0.25) is 0 Å². The van der Waals surface area contributed by atoms with Crippen molar-refractivity contribution in [2.75, 3.05) is 0 Å². The third-order valence-corrected chi connectivity index (χ3v) is 2.92. The largest absolute Gasteiger partial charge is 0.337 e. The van der Waals surface area contributed by atoms with Gasteiger partial charge in [0, 0.05) is 6.20 Å². The Morgan fingerprint density at radius 3 is 3.17 bits per heavy atom. The van der Waals surface area contributed by atoms with Crippen molar-refractivity contribution in [3.63, 3.8) is 0 Å². The third-order valence-electron chi connectivity index (χ3n) is 1.43. The van der Waals surface area contributed by atoms with Crippen LogP contribution in [0.4, 0.5) is 0 Å². The molecule has 0 atom stereocenters. The smallest absolute Gasteiger partial charge is 0.173 e. The van der Waals surface area contributed by atoms with Crippen molar-refractivity contribution in [3.8, 4) is 0 Å².